The van der Waals surface area contributed by atoms with Crippen LogP contribution in [-0.2, 0) is 0 Å². The first-order chi connectivity index (χ1) is 6.61. The second-order valence-corrected chi connectivity index (χ2v) is 4.96. The summed E-state index contributed by atoms with van der Waals surface area (Å²) < 4.78 is 1.15. The minimum absolute atomic E-state index is 0.0865. The van der Waals surface area contributed by atoms with Gasteiger partial charge in [0.05, 0.1) is 9.72 Å². The molecule has 0 aliphatic heterocycles. The number of benzene rings is 1. The molecule has 0 bridgehead atoms. The van der Waals surface area contributed by atoms with Crippen LogP contribution in [0, 0.1) is 6.92 Å². The molecule has 0 radical (unpaired) electrons. The Morgan fingerprint density at radius 1 is 1.43 bits per heavy atom. The van der Waals surface area contributed by atoms with Crippen LogP contribution in [0.4, 0.5) is 0 Å². The summed E-state index contributed by atoms with van der Waals surface area (Å²) in [6.45, 7) is 4.11. The summed E-state index contributed by atoms with van der Waals surface area (Å²) in [6.07, 6.45) is 0. The maximum Gasteiger partial charge on any atom is 0.0584 e. The van der Waals surface area contributed by atoms with Crippen LogP contribution < -0.4 is 5.73 Å². The van der Waals surface area contributed by atoms with E-state index in [2.05, 4.69) is 13.0 Å². The smallest absolute Gasteiger partial charge is 0.0584 e. The Hall–Kier alpha value is -0.570. The summed E-state index contributed by atoms with van der Waals surface area (Å²) in [5.41, 5.74) is 7.16. The van der Waals surface area contributed by atoms with Crippen molar-refractivity contribution in [3.63, 3.8) is 0 Å². The molecule has 0 aliphatic rings. The summed E-state index contributed by atoms with van der Waals surface area (Å²) >= 11 is 7.82. The molecule has 0 spiro atoms. The lowest BCUT2D eigenvalue weighted by atomic mass is 10.1. The molecule has 1 aromatic heterocycles. The van der Waals surface area contributed by atoms with Crippen molar-refractivity contribution in [1.82, 2.24) is 0 Å². The molecular weight excluding hydrogens is 214 g/mol. The van der Waals surface area contributed by atoms with Crippen LogP contribution in [0.5, 0.6) is 0 Å². The van der Waals surface area contributed by atoms with Gasteiger partial charge in [-0.25, -0.2) is 0 Å². The molecule has 1 heterocycles. The second kappa shape index (κ2) is 3.54. The van der Waals surface area contributed by atoms with Crippen LogP contribution in [0.3, 0.4) is 0 Å². The van der Waals surface area contributed by atoms with Crippen molar-refractivity contribution in [1.29, 1.82) is 0 Å². The van der Waals surface area contributed by atoms with Crippen LogP contribution in [0.25, 0.3) is 10.1 Å². The van der Waals surface area contributed by atoms with Crippen LogP contribution in [0.2, 0.25) is 5.02 Å². The Labute approximate surface area is 92.5 Å². The zero-order chi connectivity index (χ0) is 10.3. The molecule has 1 nitrogen and oxygen atoms in total. The van der Waals surface area contributed by atoms with Gasteiger partial charge in [0.25, 0.3) is 0 Å². The molecule has 0 saturated carbocycles. The Morgan fingerprint density at radius 3 is 2.71 bits per heavy atom. The summed E-state index contributed by atoms with van der Waals surface area (Å²) in [5, 5.41) is 2.05. The lowest BCUT2D eigenvalue weighted by Crippen LogP contribution is -2.03. The third-order valence-corrected chi connectivity index (χ3v) is 4.34. The highest BCUT2D eigenvalue weighted by Crippen LogP contribution is 2.37. The normalized spacial score (nSPS) is 13.4. The van der Waals surface area contributed by atoms with Crippen molar-refractivity contribution in [2.24, 2.45) is 5.73 Å². The van der Waals surface area contributed by atoms with Gasteiger partial charge in [0.15, 0.2) is 0 Å². The molecule has 0 saturated heterocycles. The van der Waals surface area contributed by atoms with E-state index in [4.69, 9.17) is 17.3 Å². The van der Waals surface area contributed by atoms with Crippen molar-refractivity contribution < 1.29 is 0 Å². The predicted molar refractivity (Wildman–Crippen MR) is 64.2 cm³/mol. The number of hydrogen-bond acceptors (Lipinski definition) is 2. The van der Waals surface area contributed by atoms with Crippen LogP contribution in [0.1, 0.15) is 23.4 Å². The van der Waals surface area contributed by atoms with E-state index in [1.54, 1.807) is 11.3 Å². The summed E-state index contributed by atoms with van der Waals surface area (Å²) in [6, 6.07) is 6.09. The van der Waals surface area contributed by atoms with E-state index in [9.17, 15) is 0 Å². The Balaban J connectivity index is 2.80. The van der Waals surface area contributed by atoms with Crippen LogP contribution in [-0.4, -0.2) is 0 Å². The Kier molecular flexibility index (Phi) is 2.52. The highest BCUT2D eigenvalue weighted by molar-refractivity contribution is 7.20. The fraction of sp³-hybridized carbons (Fsp3) is 0.273. The Bertz CT molecular complexity index is 473. The van der Waals surface area contributed by atoms with Crippen molar-refractivity contribution in [3.8, 4) is 0 Å². The van der Waals surface area contributed by atoms with E-state index < -0.39 is 0 Å². The van der Waals surface area contributed by atoms with E-state index in [0.29, 0.717) is 0 Å². The first-order valence-electron chi connectivity index (χ1n) is 4.54. The number of rotatable bonds is 1. The monoisotopic (exact) mass is 225 g/mol. The molecule has 14 heavy (non-hydrogen) atoms. The minimum atomic E-state index is 0.0865. The van der Waals surface area contributed by atoms with Gasteiger partial charge in [0.2, 0.25) is 0 Å². The zero-order valence-electron chi connectivity index (χ0n) is 8.17. The predicted octanol–water partition coefficient (Wildman–Crippen LogP) is 3.88. The van der Waals surface area contributed by atoms with E-state index in [1.807, 2.05) is 19.1 Å². The third kappa shape index (κ3) is 1.44. The highest BCUT2D eigenvalue weighted by atomic mass is 35.5. The topological polar surface area (TPSA) is 26.0 Å². The molecule has 2 rings (SSSR count). The molecule has 2 aromatic rings. The van der Waals surface area contributed by atoms with Gasteiger partial charge in [-0.15, -0.1) is 11.3 Å². The van der Waals surface area contributed by atoms with Crippen molar-refractivity contribution in [3.05, 3.63) is 33.7 Å². The molecule has 0 amide bonds. The van der Waals surface area contributed by atoms with E-state index >= 15 is 0 Å². The molecule has 0 aliphatic carbocycles. The lowest BCUT2D eigenvalue weighted by molar-refractivity contribution is 0.832. The zero-order valence-corrected chi connectivity index (χ0v) is 9.75. The molecule has 1 aromatic carbocycles. The standard InChI is InChI=1S/C11H12ClNS/c1-6-8-4-3-5-9(12)11(8)14-10(6)7(2)13/h3-5,7H,13H2,1-2H3. The SMILES string of the molecule is Cc1c(C(C)N)sc2c(Cl)cccc12. The van der Waals surface area contributed by atoms with E-state index in [1.165, 1.54) is 15.8 Å². The lowest BCUT2D eigenvalue weighted by Gasteiger charge is -2.01. The van der Waals surface area contributed by atoms with E-state index in [0.717, 1.165) is 9.72 Å². The van der Waals surface area contributed by atoms with Gasteiger partial charge in [-0.1, -0.05) is 23.7 Å². The van der Waals surface area contributed by atoms with Gasteiger partial charge in [0, 0.05) is 10.9 Å². The second-order valence-electron chi connectivity index (χ2n) is 3.50. The van der Waals surface area contributed by atoms with Crippen molar-refractivity contribution >= 4 is 33.0 Å². The maximum atomic E-state index is 6.12. The average Bonchev–Trinajstić information content (AvgIpc) is 2.46. The first-order valence-corrected chi connectivity index (χ1v) is 5.74. The molecule has 0 fully saturated rings. The molecule has 3 heteroatoms. The number of halogens is 1. The minimum Gasteiger partial charge on any atom is -0.323 e. The largest absolute Gasteiger partial charge is 0.323 e. The number of nitrogens with two attached hydrogens (primary N) is 1. The summed E-state index contributed by atoms with van der Waals surface area (Å²) in [4.78, 5) is 1.23. The number of thiophene rings is 1. The Morgan fingerprint density at radius 2 is 2.14 bits per heavy atom. The fourth-order valence-corrected chi connectivity index (χ4v) is 3.12. The summed E-state index contributed by atoms with van der Waals surface area (Å²) in [7, 11) is 0. The van der Waals surface area contributed by atoms with Gasteiger partial charge in [0.1, 0.15) is 0 Å². The molecule has 1 atom stereocenters. The van der Waals surface area contributed by atoms with Gasteiger partial charge in [-0.05, 0) is 30.9 Å². The van der Waals surface area contributed by atoms with Crippen LogP contribution in [0.15, 0.2) is 18.2 Å². The highest BCUT2D eigenvalue weighted by Gasteiger charge is 2.12. The quantitative estimate of drug-likeness (QED) is 0.783. The fourth-order valence-electron chi connectivity index (χ4n) is 1.66. The van der Waals surface area contributed by atoms with Gasteiger partial charge < -0.3 is 5.73 Å². The summed E-state index contributed by atoms with van der Waals surface area (Å²) in [5.74, 6) is 0. The molecular formula is C11H12ClNS. The number of hydrogen-bond donors (Lipinski definition) is 1. The molecule has 2 N–H and O–H groups in total. The van der Waals surface area contributed by atoms with Gasteiger partial charge in [-0.3, -0.25) is 0 Å². The number of fused-ring (bicyclic) bond motifs is 1. The van der Waals surface area contributed by atoms with Gasteiger partial charge in [-0.2, -0.15) is 0 Å². The maximum absolute atomic E-state index is 6.12. The average molecular weight is 226 g/mol. The molecule has 74 valence electrons. The molecule has 1 unspecified atom stereocenters. The van der Waals surface area contributed by atoms with Crippen molar-refractivity contribution in [2.45, 2.75) is 19.9 Å². The third-order valence-electron chi connectivity index (χ3n) is 2.37. The first kappa shape index (κ1) is 9.97. The van der Waals surface area contributed by atoms with Crippen molar-refractivity contribution in [2.75, 3.05) is 0 Å². The van der Waals surface area contributed by atoms with Crippen LogP contribution >= 0.6 is 22.9 Å². The van der Waals surface area contributed by atoms with E-state index in [-0.39, 0.29) is 6.04 Å². The van der Waals surface area contributed by atoms with Gasteiger partial charge >= 0.3 is 0 Å². The number of aryl methyl sites for hydroxylation is 1.